The Bertz CT molecular complexity index is 583. The first-order valence-corrected chi connectivity index (χ1v) is 12.7. The summed E-state index contributed by atoms with van der Waals surface area (Å²) in [4.78, 5) is 35.7. The SMILES string of the molecule is CCOC(=O)CCCCCCCC(=O)CCCNC(=O)NC12CC3CC(CC(C3)C1)C2. The van der Waals surface area contributed by atoms with Crippen molar-refractivity contribution in [3.63, 3.8) is 0 Å². The van der Waals surface area contributed by atoms with Gasteiger partial charge in [-0.25, -0.2) is 4.79 Å². The number of amides is 2. The van der Waals surface area contributed by atoms with Crippen molar-refractivity contribution in [2.24, 2.45) is 17.8 Å². The van der Waals surface area contributed by atoms with Crippen molar-refractivity contribution in [1.82, 2.24) is 10.6 Å². The first-order valence-electron chi connectivity index (χ1n) is 12.7. The van der Waals surface area contributed by atoms with Gasteiger partial charge >= 0.3 is 12.0 Å². The summed E-state index contributed by atoms with van der Waals surface area (Å²) in [5, 5.41) is 6.30. The lowest BCUT2D eigenvalue weighted by molar-refractivity contribution is -0.143. The van der Waals surface area contributed by atoms with Crippen LogP contribution >= 0.6 is 0 Å². The summed E-state index contributed by atoms with van der Waals surface area (Å²) in [7, 11) is 0. The van der Waals surface area contributed by atoms with Gasteiger partial charge in [-0.15, -0.1) is 0 Å². The minimum Gasteiger partial charge on any atom is -0.466 e. The van der Waals surface area contributed by atoms with Crippen molar-refractivity contribution >= 4 is 17.8 Å². The summed E-state index contributed by atoms with van der Waals surface area (Å²) in [5.74, 6) is 2.64. The van der Waals surface area contributed by atoms with Crippen LogP contribution in [0.5, 0.6) is 0 Å². The summed E-state index contributed by atoms with van der Waals surface area (Å²) < 4.78 is 4.91. The highest BCUT2D eigenvalue weighted by atomic mass is 16.5. The van der Waals surface area contributed by atoms with E-state index in [1.165, 1.54) is 19.3 Å². The number of ketones is 1. The molecular weight excluding hydrogens is 392 g/mol. The molecule has 4 aliphatic rings. The maximum atomic E-state index is 12.4. The van der Waals surface area contributed by atoms with Crippen molar-refractivity contribution in [3.05, 3.63) is 0 Å². The average molecular weight is 435 g/mol. The van der Waals surface area contributed by atoms with Gasteiger partial charge in [0.25, 0.3) is 0 Å². The zero-order valence-electron chi connectivity index (χ0n) is 19.4. The van der Waals surface area contributed by atoms with Crippen molar-refractivity contribution < 1.29 is 19.1 Å². The number of carbonyl (C=O) groups is 3. The van der Waals surface area contributed by atoms with Gasteiger partial charge in [0.2, 0.25) is 0 Å². The van der Waals surface area contributed by atoms with Crippen LogP contribution in [0, 0.1) is 17.8 Å². The molecule has 6 nitrogen and oxygen atoms in total. The molecule has 0 unspecified atom stereocenters. The zero-order valence-corrected chi connectivity index (χ0v) is 19.4. The normalized spacial score (nSPS) is 28.4. The molecule has 0 aromatic carbocycles. The Morgan fingerprint density at radius 3 is 1.97 bits per heavy atom. The maximum absolute atomic E-state index is 12.4. The largest absolute Gasteiger partial charge is 0.466 e. The summed E-state index contributed by atoms with van der Waals surface area (Å²) in [6.07, 6.45) is 14.8. The minimum atomic E-state index is -0.113. The van der Waals surface area contributed by atoms with Crippen molar-refractivity contribution in [2.45, 2.75) is 109 Å². The third-order valence-electron chi connectivity index (χ3n) is 7.48. The van der Waals surface area contributed by atoms with Gasteiger partial charge in [-0.1, -0.05) is 19.3 Å². The smallest absolute Gasteiger partial charge is 0.315 e. The molecule has 4 bridgehead atoms. The number of ether oxygens (including phenoxy) is 1. The minimum absolute atomic E-state index is 0.0442. The number of hydrogen-bond donors (Lipinski definition) is 2. The van der Waals surface area contributed by atoms with Gasteiger partial charge in [-0.2, -0.15) is 0 Å². The highest BCUT2D eigenvalue weighted by Gasteiger charge is 2.51. The molecule has 0 radical (unpaired) electrons. The highest BCUT2D eigenvalue weighted by molar-refractivity contribution is 5.78. The standard InChI is InChI=1S/C25H42N2O4/c1-2-31-23(29)11-7-5-3-4-6-9-22(28)10-8-12-26-24(30)27-25-16-19-13-20(17-25)15-21(14-19)18-25/h19-21H,2-18H2,1H3,(H2,26,27,30). The second-order valence-electron chi connectivity index (χ2n) is 10.3. The van der Waals surface area contributed by atoms with Gasteiger partial charge in [0, 0.05) is 31.3 Å². The van der Waals surface area contributed by atoms with Crippen molar-refractivity contribution in [2.75, 3.05) is 13.2 Å². The van der Waals surface area contributed by atoms with Crippen molar-refractivity contribution in [3.8, 4) is 0 Å². The summed E-state index contributed by atoms with van der Waals surface area (Å²) in [6.45, 7) is 2.84. The number of carbonyl (C=O) groups excluding carboxylic acids is 3. The Morgan fingerprint density at radius 2 is 1.35 bits per heavy atom. The van der Waals surface area contributed by atoms with Gasteiger partial charge in [0.1, 0.15) is 5.78 Å². The van der Waals surface area contributed by atoms with Crippen LogP contribution in [-0.4, -0.2) is 36.5 Å². The number of esters is 1. The lowest BCUT2D eigenvalue weighted by atomic mass is 9.53. The van der Waals surface area contributed by atoms with Crippen molar-refractivity contribution in [1.29, 1.82) is 0 Å². The van der Waals surface area contributed by atoms with E-state index in [1.54, 1.807) is 0 Å². The van der Waals surface area contributed by atoms with E-state index in [-0.39, 0.29) is 23.3 Å². The Labute approximate surface area is 187 Å². The van der Waals surface area contributed by atoms with E-state index in [0.29, 0.717) is 38.8 Å². The highest BCUT2D eigenvalue weighted by Crippen LogP contribution is 2.55. The monoisotopic (exact) mass is 434 g/mol. The Kier molecular flexibility index (Phi) is 9.21. The van der Waals surface area contributed by atoms with Crippen LogP contribution < -0.4 is 10.6 Å². The van der Waals surface area contributed by atoms with Crippen LogP contribution in [-0.2, 0) is 14.3 Å². The molecule has 0 heterocycles. The molecule has 2 amide bonds. The molecule has 4 rings (SSSR count). The number of unbranched alkanes of at least 4 members (excludes halogenated alkanes) is 4. The molecule has 0 aromatic heterocycles. The van der Waals surface area contributed by atoms with E-state index in [0.717, 1.165) is 69.1 Å². The van der Waals surface area contributed by atoms with Crippen LogP contribution in [0.15, 0.2) is 0 Å². The Morgan fingerprint density at radius 1 is 0.806 bits per heavy atom. The second kappa shape index (κ2) is 11.9. The van der Waals surface area contributed by atoms with Crippen LogP contribution in [0.1, 0.15) is 103 Å². The quantitative estimate of drug-likeness (QED) is 0.301. The van der Waals surface area contributed by atoms with Crippen LogP contribution in [0.2, 0.25) is 0 Å². The van der Waals surface area contributed by atoms with E-state index in [9.17, 15) is 14.4 Å². The summed E-state index contributed by atoms with van der Waals surface area (Å²) >= 11 is 0. The van der Waals surface area contributed by atoms with Crippen LogP contribution in [0.25, 0.3) is 0 Å². The molecule has 176 valence electrons. The van der Waals surface area contributed by atoms with Gasteiger partial charge in [0.15, 0.2) is 0 Å². The van der Waals surface area contributed by atoms with Crippen LogP contribution in [0.3, 0.4) is 0 Å². The lowest BCUT2D eigenvalue weighted by Gasteiger charge is -2.56. The molecule has 6 heteroatoms. The summed E-state index contributed by atoms with van der Waals surface area (Å²) in [6, 6.07) is -0.0442. The Hall–Kier alpha value is -1.59. The number of urea groups is 1. The molecular formula is C25H42N2O4. The van der Waals surface area contributed by atoms with E-state index >= 15 is 0 Å². The topological polar surface area (TPSA) is 84.5 Å². The molecule has 0 atom stereocenters. The first-order chi connectivity index (χ1) is 15.0. The van der Waals surface area contributed by atoms with E-state index in [1.807, 2.05) is 6.92 Å². The molecule has 31 heavy (non-hydrogen) atoms. The molecule has 4 aliphatic carbocycles. The number of hydrogen-bond acceptors (Lipinski definition) is 4. The fraction of sp³-hybridized carbons (Fsp3) is 0.880. The molecule has 0 aliphatic heterocycles. The molecule has 2 N–H and O–H groups in total. The first kappa shape index (κ1) is 24.1. The maximum Gasteiger partial charge on any atom is 0.315 e. The van der Waals surface area contributed by atoms with Gasteiger partial charge in [-0.05, 0) is 82.5 Å². The summed E-state index contributed by atoms with van der Waals surface area (Å²) in [5.41, 5.74) is 0.0466. The fourth-order valence-corrected chi connectivity index (χ4v) is 6.52. The number of Topliss-reactive ketones (excluding diaryl/α,β-unsaturated/α-hetero) is 1. The fourth-order valence-electron chi connectivity index (χ4n) is 6.52. The zero-order chi connectivity index (χ0) is 22.1. The van der Waals surface area contributed by atoms with E-state index in [4.69, 9.17) is 4.74 Å². The molecule has 4 saturated carbocycles. The molecule has 0 aromatic rings. The predicted octanol–water partition coefficient (Wildman–Crippen LogP) is 4.90. The van der Waals surface area contributed by atoms with E-state index < -0.39 is 0 Å². The van der Waals surface area contributed by atoms with Gasteiger partial charge in [0.05, 0.1) is 6.61 Å². The molecule has 0 saturated heterocycles. The van der Waals surface area contributed by atoms with E-state index in [2.05, 4.69) is 10.6 Å². The third-order valence-corrected chi connectivity index (χ3v) is 7.48. The number of nitrogens with one attached hydrogen (secondary N) is 2. The molecule has 4 fully saturated rings. The predicted molar refractivity (Wildman–Crippen MR) is 121 cm³/mol. The number of rotatable bonds is 14. The Balaban J connectivity index is 1.16. The van der Waals surface area contributed by atoms with Gasteiger partial charge < -0.3 is 15.4 Å². The second-order valence-corrected chi connectivity index (χ2v) is 10.3. The molecule has 0 spiro atoms. The third kappa shape index (κ3) is 7.80. The van der Waals surface area contributed by atoms with Crippen LogP contribution in [0.4, 0.5) is 4.79 Å². The average Bonchev–Trinajstić information content (AvgIpc) is 2.69. The van der Waals surface area contributed by atoms with Gasteiger partial charge in [-0.3, -0.25) is 9.59 Å². The lowest BCUT2D eigenvalue weighted by Crippen LogP contribution is -2.61.